The van der Waals surface area contributed by atoms with Gasteiger partial charge in [0.15, 0.2) is 0 Å². The first-order valence-corrected chi connectivity index (χ1v) is 10.5. The molecule has 0 aliphatic rings. The zero-order valence-electron chi connectivity index (χ0n) is 14.2. The summed E-state index contributed by atoms with van der Waals surface area (Å²) < 4.78 is 47.0. The fourth-order valence-electron chi connectivity index (χ4n) is 2.27. The number of aromatic nitrogens is 4. The maximum Gasteiger partial charge on any atom is 0.264 e. The van der Waals surface area contributed by atoms with Gasteiger partial charge in [0.05, 0.1) is 22.8 Å². The lowest BCUT2D eigenvalue weighted by Gasteiger charge is -1.96. The fourth-order valence-corrected chi connectivity index (χ4v) is 4.82. The minimum Gasteiger partial charge on any atom is -0.271 e. The quantitative estimate of drug-likeness (QED) is 0.740. The Hall–Kier alpha value is -1.43. The van der Waals surface area contributed by atoms with Crippen molar-refractivity contribution >= 4 is 29.8 Å². The molecule has 0 aliphatic heterocycles. The van der Waals surface area contributed by atoms with E-state index in [9.17, 15) is 16.8 Å². The maximum absolute atomic E-state index is 11.0. The SMILES string of the molecule is Cc1nn(C)c(C)c1S(=O)(=O)Cl.Cc1nn(C)c(C)c1S(N)(=O)=O. The van der Waals surface area contributed by atoms with Crippen LogP contribution in [0.1, 0.15) is 22.8 Å². The number of nitrogens with zero attached hydrogens (tertiary/aromatic N) is 4. The maximum atomic E-state index is 11.0. The molecule has 0 saturated heterocycles. The molecule has 136 valence electrons. The van der Waals surface area contributed by atoms with Gasteiger partial charge in [0.25, 0.3) is 9.05 Å². The summed E-state index contributed by atoms with van der Waals surface area (Å²) in [6.45, 7) is 6.56. The van der Waals surface area contributed by atoms with Crippen molar-refractivity contribution in [1.82, 2.24) is 19.6 Å². The third kappa shape index (κ3) is 4.35. The van der Waals surface area contributed by atoms with Crippen LogP contribution in [0.15, 0.2) is 9.79 Å². The van der Waals surface area contributed by atoms with Gasteiger partial charge in [0, 0.05) is 24.8 Å². The monoisotopic (exact) mass is 397 g/mol. The Bertz CT molecular complexity index is 893. The van der Waals surface area contributed by atoms with Crippen LogP contribution >= 0.6 is 10.7 Å². The van der Waals surface area contributed by atoms with E-state index in [0.717, 1.165) is 0 Å². The lowest BCUT2D eigenvalue weighted by Crippen LogP contribution is -2.14. The molecular formula is C12H20ClN5O4S2. The Morgan fingerprint density at radius 3 is 1.29 bits per heavy atom. The molecule has 0 radical (unpaired) electrons. The smallest absolute Gasteiger partial charge is 0.264 e. The van der Waals surface area contributed by atoms with Crippen molar-refractivity contribution < 1.29 is 16.8 Å². The molecule has 2 aromatic rings. The van der Waals surface area contributed by atoms with Crippen molar-refractivity contribution in [1.29, 1.82) is 0 Å². The molecule has 24 heavy (non-hydrogen) atoms. The van der Waals surface area contributed by atoms with Gasteiger partial charge in [0.2, 0.25) is 10.0 Å². The van der Waals surface area contributed by atoms with Crippen LogP contribution in [-0.2, 0) is 33.2 Å². The van der Waals surface area contributed by atoms with Crippen LogP contribution in [0, 0.1) is 27.7 Å². The predicted molar refractivity (Wildman–Crippen MR) is 89.8 cm³/mol. The van der Waals surface area contributed by atoms with E-state index < -0.39 is 19.1 Å². The first kappa shape index (κ1) is 20.6. The summed E-state index contributed by atoms with van der Waals surface area (Å²) >= 11 is 0. The van der Waals surface area contributed by atoms with Crippen molar-refractivity contribution in [3.63, 3.8) is 0 Å². The van der Waals surface area contributed by atoms with Crippen molar-refractivity contribution in [3.05, 3.63) is 22.8 Å². The second-order valence-electron chi connectivity index (χ2n) is 5.23. The highest BCUT2D eigenvalue weighted by atomic mass is 35.7. The molecule has 2 N–H and O–H groups in total. The Balaban J connectivity index is 0.000000240. The lowest BCUT2D eigenvalue weighted by molar-refractivity contribution is 0.596. The summed E-state index contributed by atoms with van der Waals surface area (Å²) in [5, 5.41) is 12.9. The second-order valence-corrected chi connectivity index (χ2v) is 9.23. The Morgan fingerprint density at radius 2 is 1.17 bits per heavy atom. The van der Waals surface area contributed by atoms with Gasteiger partial charge in [-0.1, -0.05) is 0 Å². The average Bonchev–Trinajstić information content (AvgIpc) is 2.75. The summed E-state index contributed by atoms with van der Waals surface area (Å²) in [7, 11) is 1.27. The van der Waals surface area contributed by atoms with E-state index >= 15 is 0 Å². The standard InChI is InChI=1S/C6H9ClN2O2S.C6H11N3O2S/c2*1-4-6(12(7,10)11)5(2)9(3)8-4/h1-3H3;1-3H3,(H2,7,10,11). The number of sulfonamides is 1. The predicted octanol–water partition coefficient (Wildman–Crippen LogP) is 0.649. The highest BCUT2D eigenvalue weighted by Gasteiger charge is 2.21. The summed E-state index contributed by atoms with van der Waals surface area (Å²) in [5.74, 6) is 0. The molecule has 0 spiro atoms. The second kappa shape index (κ2) is 6.82. The van der Waals surface area contributed by atoms with Crippen molar-refractivity contribution in [2.75, 3.05) is 0 Å². The summed E-state index contributed by atoms with van der Waals surface area (Å²) in [5.41, 5.74) is 2.00. The largest absolute Gasteiger partial charge is 0.271 e. The van der Waals surface area contributed by atoms with E-state index in [2.05, 4.69) is 10.2 Å². The molecule has 0 unspecified atom stereocenters. The molecule has 0 aromatic carbocycles. The number of nitrogens with two attached hydrogens (primary N) is 1. The number of rotatable bonds is 2. The van der Waals surface area contributed by atoms with Crippen LogP contribution < -0.4 is 5.14 Å². The Morgan fingerprint density at radius 1 is 0.833 bits per heavy atom. The van der Waals surface area contributed by atoms with Crippen LogP contribution in [0.25, 0.3) is 0 Å². The number of hydrogen-bond donors (Lipinski definition) is 1. The Kier molecular flexibility index (Phi) is 5.86. The normalized spacial score (nSPS) is 12.0. The third-order valence-electron chi connectivity index (χ3n) is 3.41. The zero-order valence-corrected chi connectivity index (χ0v) is 16.6. The van der Waals surface area contributed by atoms with Gasteiger partial charge in [-0.15, -0.1) is 0 Å². The lowest BCUT2D eigenvalue weighted by atomic mass is 10.4. The van der Waals surface area contributed by atoms with Crippen molar-refractivity contribution in [2.45, 2.75) is 37.5 Å². The fraction of sp³-hybridized carbons (Fsp3) is 0.500. The summed E-state index contributed by atoms with van der Waals surface area (Å²) in [4.78, 5) is 0.247. The molecule has 12 heteroatoms. The van der Waals surface area contributed by atoms with E-state index in [4.69, 9.17) is 15.8 Å². The van der Waals surface area contributed by atoms with Crippen molar-refractivity contribution in [2.24, 2.45) is 19.2 Å². The highest BCUT2D eigenvalue weighted by Crippen LogP contribution is 2.22. The van der Waals surface area contributed by atoms with E-state index in [0.29, 0.717) is 22.8 Å². The van der Waals surface area contributed by atoms with Crippen LogP contribution in [0.2, 0.25) is 0 Å². The van der Waals surface area contributed by atoms with Gasteiger partial charge >= 0.3 is 0 Å². The van der Waals surface area contributed by atoms with Crippen LogP contribution in [-0.4, -0.2) is 36.4 Å². The van der Waals surface area contributed by atoms with E-state index in [1.165, 1.54) is 9.36 Å². The average molecular weight is 398 g/mol. The summed E-state index contributed by atoms with van der Waals surface area (Å²) in [6.07, 6.45) is 0. The zero-order chi connectivity index (χ0) is 19.0. The molecule has 2 heterocycles. The van der Waals surface area contributed by atoms with Gasteiger partial charge < -0.3 is 0 Å². The van der Waals surface area contributed by atoms with Gasteiger partial charge in [-0.05, 0) is 27.7 Å². The minimum atomic E-state index is -3.65. The van der Waals surface area contributed by atoms with Gasteiger partial charge in [0.1, 0.15) is 9.79 Å². The highest BCUT2D eigenvalue weighted by molar-refractivity contribution is 8.13. The van der Waals surface area contributed by atoms with Gasteiger partial charge in [-0.25, -0.2) is 22.0 Å². The Labute approximate surface area is 145 Å². The first-order chi connectivity index (χ1) is 10.7. The van der Waals surface area contributed by atoms with Crippen LogP contribution in [0.4, 0.5) is 0 Å². The van der Waals surface area contributed by atoms with Crippen LogP contribution in [0.5, 0.6) is 0 Å². The molecule has 0 aliphatic carbocycles. The van der Waals surface area contributed by atoms with Crippen molar-refractivity contribution in [3.8, 4) is 0 Å². The minimum absolute atomic E-state index is 0.117. The number of hydrogen-bond acceptors (Lipinski definition) is 6. The van der Waals surface area contributed by atoms with Gasteiger partial charge in [-0.3, -0.25) is 9.36 Å². The van der Waals surface area contributed by atoms with Crippen LogP contribution in [0.3, 0.4) is 0 Å². The molecule has 0 bridgehead atoms. The summed E-state index contributed by atoms with van der Waals surface area (Å²) in [6, 6.07) is 0. The molecule has 0 amide bonds. The number of halogens is 1. The third-order valence-corrected chi connectivity index (χ3v) is 6.11. The van der Waals surface area contributed by atoms with E-state index in [-0.39, 0.29) is 9.79 Å². The molecule has 2 rings (SSSR count). The first-order valence-electron chi connectivity index (χ1n) is 6.65. The number of primary sulfonamides is 1. The van der Waals surface area contributed by atoms with E-state index in [1.54, 1.807) is 41.8 Å². The molecule has 2 aromatic heterocycles. The van der Waals surface area contributed by atoms with E-state index in [1.807, 2.05) is 0 Å². The molecular weight excluding hydrogens is 378 g/mol. The topological polar surface area (TPSA) is 130 Å². The van der Waals surface area contributed by atoms with Gasteiger partial charge in [-0.2, -0.15) is 10.2 Å². The molecule has 0 saturated carbocycles. The number of aryl methyl sites for hydroxylation is 4. The molecule has 0 fully saturated rings. The molecule has 9 nitrogen and oxygen atoms in total. The molecule has 0 atom stereocenters.